The fourth-order valence-electron chi connectivity index (χ4n) is 2.12. The monoisotopic (exact) mass is 354 g/mol. The minimum atomic E-state index is -1.17. The maximum absolute atomic E-state index is 11.1. The summed E-state index contributed by atoms with van der Waals surface area (Å²) in [6, 6.07) is 11.1. The maximum atomic E-state index is 11.1. The molecule has 0 radical (unpaired) electrons. The van der Waals surface area contributed by atoms with E-state index >= 15 is 0 Å². The molecule has 1 heterocycles. The zero-order valence-corrected chi connectivity index (χ0v) is 13.7. The molecule has 1 unspecified atom stereocenters. The minimum absolute atomic E-state index is 0.434. The molecule has 0 saturated heterocycles. The van der Waals surface area contributed by atoms with E-state index < -0.39 is 5.60 Å². The molecule has 0 fully saturated rings. The number of likely N-dealkylation sites (N-methyl/N-ethyl adjacent to an activating group) is 1. The summed E-state index contributed by atoms with van der Waals surface area (Å²) in [6.45, 7) is 0.434. The van der Waals surface area contributed by atoms with Crippen molar-refractivity contribution in [1.82, 2.24) is 9.88 Å². The van der Waals surface area contributed by atoms with Crippen molar-refractivity contribution in [2.24, 2.45) is 0 Å². The van der Waals surface area contributed by atoms with E-state index in [2.05, 4.69) is 20.9 Å². The quantitative estimate of drug-likeness (QED) is 0.914. The van der Waals surface area contributed by atoms with Crippen molar-refractivity contribution in [3.05, 3.63) is 63.3 Å². The van der Waals surface area contributed by atoms with Gasteiger partial charge in [0.25, 0.3) is 0 Å². The molecule has 0 amide bonds. The molecule has 0 spiro atoms. The highest BCUT2D eigenvalue weighted by molar-refractivity contribution is 9.10. The first kappa shape index (κ1) is 15.4. The van der Waals surface area contributed by atoms with Crippen molar-refractivity contribution in [1.29, 1.82) is 0 Å². The van der Waals surface area contributed by atoms with Crippen molar-refractivity contribution in [2.75, 3.05) is 20.6 Å². The molecule has 0 aliphatic heterocycles. The first-order valence-electron chi connectivity index (χ1n) is 6.17. The van der Waals surface area contributed by atoms with Crippen molar-refractivity contribution in [3.63, 3.8) is 0 Å². The highest BCUT2D eigenvalue weighted by Crippen LogP contribution is 2.30. The summed E-state index contributed by atoms with van der Waals surface area (Å²) in [7, 11) is 3.83. The summed E-state index contributed by atoms with van der Waals surface area (Å²) in [5.41, 5.74) is 0.205. The Morgan fingerprint density at radius 1 is 1.20 bits per heavy atom. The summed E-state index contributed by atoms with van der Waals surface area (Å²) >= 11 is 9.28. The molecule has 1 atom stereocenters. The lowest BCUT2D eigenvalue weighted by molar-refractivity contribution is 0.0473. The van der Waals surface area contributed by atoms with Gasteiger partial charge in [-0.1, -0.05) is 39.7 Å². The van der Waals surface area contributed by atoms with E-state index in [1.54, 1.807) is 18.3 Å². The maximum Gasteiger partial charge on any atom is 0.144 e. The summed E-state index contributed by atoms with van der Waals surface area (Å²) in [5, 5.41) is 11.7. The lowest BCUT2D eigenvalue weighted by Crippen LogP contribution is -2.39. The third-order valence-electron chi connectivity index (χ3n) is 3.02. The Balaban J connectivity index is 2.49. The Bertz CT molecular complexity index is 524. The molecule has 106 valence electrons. The Morgan fingerprint density at radius 2 is 1.85 bits per heavy atom. The number of aliphatic hydroxyl groups is 1. The molecule has 1 N–H and O–H groups in total. The van der Waals surface area contributed by atoms with Crippen LogP contribution in [-0.2, 0) is 5.60 Å². The van der Waals surface area contributed by atoms with Gasteiger partial charge in [0.2, 0.25) is 0 Å². The Kier molecular flexibility index (Phi) is 4.81. The average Bonchev–Trinajstić information content (AvgIpc) is 2.39. The van der Waals surface area contributed by atoms with Crippen LogP contribution in [0, 0.1) is 0 Å². The number of rotatable bonds is 4. The summed E-state index contributed by atoms with van der Waals surface area (Å²) < 4.78 is 0.970. The van der Waals surface area contributed by atoms with E-state index in [4.69, 9.17) is 11.6 Å². The second kappa shape index (κ2) is 6.22. The standard InChI is InChI=1S/C15H16BrClN2O/c1-19(2)10-15(20,11-3-5-12(16)6-4-11)14-8-7-13(17)9-18-14/h3-9,20H,10H2,1-2H3. The summed E-state index contributed by atoms with van der Waals surface area (Å²) in [6.07, 6.45) is 1.55. The van der Waals surface area contributed by atoms with Crippen LogP contribution in [0.2, 0.25) is 5.02 Å². The minimum Gasteiger partial charge on any atom is -0.377 e. The number of halogens is 2. The Labute approximate surface area is 132 Å². The molecule has 1 aromatic heterocycles. The molecule has 0 saturated carbocycles. The zero-order chi connectivity index (χ0) is 14.8. The molecular formula is C15H16BrClN2O. The zero-order valence-electron chi connectivity index (χ0n) is 11.3. The van der Waals surface area contributed by atoms with E-state index in [9.17, 15) is 5.11 Å². The van der Waals surface area contributed by atoms with Gasteiger partial charge in [-0.2, -0.15) is 0 Å². The molecular weight excluding hydrogens is 340 g/mol. The number of benzene rings is 1. The largest absolute Gasteiger partial charge is 0.377 e. The second-order valence-electron chi connectivity index (χ2n) is 4.97. The van der Waals surface area contributed by atoms with Gasteiger partial charge in [-0.25, -0.2) is 0 Å². The topological polar surface area (TPSA) is 36.4 Å². The number of hydrogen-bond acceptors (Lipinski definition) is 3. The van der Waals surface area contributed by atoms with Crippen LogP contribution in [0.25, 0.3) is 0 Å². The molecule has 0 aliphatic carbocycles. The number of pyridine rings is 1. The molecule has 0 aliphatic rings. The first-order chi connectivity index (χ1) is 9.41. The van der Waals surface area contributed by atoms with E-state index in [-0.39, 0.29) is 0 Å². The number of aromatic nitrogens is 1. The van der Waals surface area contributed by atoms with E-state index in [0.717, 1.165) is 10.0 Å². The summed E-state index contributed by atoms with van der Waals surface area (Å²) in [4.78, 5) is 6.21. The van der Waals surface area contributed by atoms with Gasteiger partial charge >= 0.3 is 0 Å². The fraction of sp³-hybridized carbons (Fsp3) is 0.267. The summed E-state index contributed by atoms with van der Waals surface area (Å²) in [5.74, 6) is 0. The van der Waals surface area contributed by atoms with Gasteiger partial charge in [0.15, 0.2) is 0 Å². The van der Waals surface area contributed by atoms with Crippen LogP contribution < -0.4 is 0 Å². The van der Waals surface area contributed by atoms with Crippen LogP contribution in [0.3, 0.4) is 0 Å². The number of hydrogen-bond donors (Lipinski definition) is 1. The van der Waals surface area contributed by atoms with Crippen LogP contribution in [0.1, 0.15) is 11.3 Å². The van der Waals surface area contributed by atoms with Crippen LogP contribution >= 0.6 is 27.5 Å². The van der Waals surface area contributed by atoms with Gasteiger partial charge in [-0.3, -0.25) is 4.98 Å². The molecule has 1 aromatic carbocycles. The fourth-order valence-corrected chi connectivity index (χ4v) is 2.50. The molecule has 2 rings (SSSR count). The Hall–Kier alpha value is -0.940. The van der Waals surface area contributed by atoms with Gasteiger partial charge < -0.3 is 10.0 Å². The molecule has 2 aromatic rings. The van der Waals surface area contributed by atoms with Gasteiger partial charge in [-0.05, 0) is 43.9 Å². The van der Waals surface area contributed by atoms with Crippen molar-refractivity contribution >= 4 is 27.5 Å². The molecule has 0 bridgehead atoms. The smallest absolute Gasteiger partial charge is 0.144 e. The lowest BCUT2D eigenvalue weighted by atomic mass is 9.89. The molecule has 20 heavy (non-hydrogen) atoms. The van der Waals surface area contributed by atoms with E-state index in [0.29, 0.717) is 17.3 Å². The van der Waals surface area contributed by atoms with Crippen molar-refractivity contribution in [2.45, 2.75) is 5.60 Å². The van der Waals surface area contributed by atoms with Crippen LogP contribution in [0.15, 0.2) is 47.1 Å². The predicted octanol–water partition coefficient (Wildman–Crippen LogP) is 3.30. The van der Waals surface area contributed by atoms with Crippen LogP contribution in [0.5, 0.6) is 0 Å². The van der Waals surface area contributed by atoms with E-state index in [1.165, 1.54) is 0 Å². The third kappa shape index (κ3) is 3.38. The highest BCUT2D eigenvalue weighted by atomic mass is 79.9. The second-order valence-corrected chi connectivity index (χ2v) is 6.32. The number of nitrogens with zero attached hydrogens (tertiary/aromatic N) is 2. The van der Waals surface area contributed by atoms with Crippen molar-refractivity contribution in [3.8, 4) is 0 Å². The lowest BCUT2D eigenvalue weighted by Gasteiger charge is -2.31. The van der Waals surface area contributed by atoms with Gasteiger partial charge in [0.1, 0.15) is 5.60 Å². The Morgan fingerprint density at radius 3 is 2.35 bits per heavy atom. The van der Waals surface area contributed by atoms with Gasteiger partial charge in [-0.15, -0.1) is 0 Å². The van der Waals surface area contributed by atoms with Gasteiger partial charge in [0.05, 0.1) is 10.7 Å². The SMILES string of the molecule is CN(C)CC(O)(c1ccc(Br)cc1)c1ccc(Cl)cn1. The predicted molar refractivity (Wildman–Crippen MR) is 84.9 cm³/mol. The van der Waals surface area contributed by atoms with E-state index in [1.807, 2.05) is 43.3 Å². The van der Waals surface area contributed by atoms with Crippen LogP contribution in [-0.4, -0.2) is 35.6 Å². The van der Waals surface area contributed by atoms with Crippen molar-refractivity contribution < 1.29 is 5.11 Å². The molecule has 3 nitrogen and oxygen atoms in total. The molecule has 5 heteroatoms. The normalized spacial score (nSPS) is 14.3. The van der Waals surface area contributed by atoms with Gasteiger partial charge in [0, 0.05) is 17.2 Å². The first-order valence-corrected chi connectivity index (χ1v) is 7.34. The third-order valence-corrected chi connectivity index (χ3v) is 3.77. The average molecular weight is 356 g/mol. The van der Waals surface area contributed by atoms with Crippen LogP contribution in [0.4, 0.5) is 0 Å². The highest BCUT2D eigenvalue weighted by Gasteiger charge is 2.33.